The Bertz CT molecular complexity index is 994. The molecule has 0 aliphatic heterocycles. The molecule has 0 aliphatic carbocycles. The number of rotatable bonds is 5. The molecule has 0 aliphatic rings. The molecule has 2 N–H and O–H groups in total. The van der Waals surface area contributed by atoms with E-state index in [2.05, 4.69) is 28.7 Å². The molecule has 1 atom stereocenters. The van der Waals surface area contributed by atoms with Crippen LogP contribution in [0.3, 0.4) is 0 Å². The summed E-state index contributed by atoms with van der Waals surface area (Å²) in [5, 5.41) is 10.4. The van der Waals surface area contributed by atoms with Gasteiger partial charge in [0.1, 0.15) is 5.75 Å². The van der Waals surface area contributed by atoms with Crippen LogP contribution in [0.1, 0.15) is 35.3 Å². The minimum Gasteiger partial charge on any atom is -0.497 e. The van der Waals surface area contributed by atoms with Crippen LogP contribution < -0.4 is 15.4 Å². The van der Waals surface area contributed by atoms with Crippen LogP contribution in [-0.4, -0.2) is 22.9 Å². The van der Waals surface area contributed by atoms with E-state index in [1.165, 1.54) is 0 Å². The number of hydrogen-bond donors (Lipinski definition) is 2. The van der Waals surface area contributed by atoms with Crippen LogP contribution >= 0.6 is 0 Å². The number of nitrogens with one attached hydrogen (secondary N) is 2. The van der Waals surface area contributed by atoms with Gasteiger partial charge in [0.25, 0.3) is 0 Å². The number of anilines is 1. The first-order valence-corrected chi connectivity index (χ1v) is 9.23. The molecule has 3 rings (SSSR count). The summed E-state index contributed by atoms with van der Waals surface area (Å²) in [6.07, 6.45) is 1.81. The highest BCUT2D eigenvalue weighted by Gasteiger charge is 2.17. The van der Waals surface area contributed by atoms with E-state index in [1.807, 2.05) is 68.0 Å². The zero-order valence-electron chi connectivity index (χ0n) is 16.9. The maximum atomic E-state index is 12.5. The van der Waals surface area contributed by atoms with E-state index in [0.717, 1.165) is 39.5 Å². The Labute approximate surface area is 165 Å². The van der Waals surface area contributed by atoms with Crippen LogP contribution in [0.5, 0.6) is 5.75 Å². The number of benzene rings is 2. The summed E-state index contributed by atoms with van der Waals surface area (Å²) in [6, 6.07) is 13.2. The molecule has 0 spiro atoms. The molecule has 0 fully saturated rings. The second kappa shape index (κ2) is 8.17. The Kier molecular flexibility index (Phi) is 5.68. The zero-order chi connectivity index (χ0) is 20.3. The Morgan fingerprint density at radius 3 is 2.54 bits per heavy atom. The molecule has 2 aromatic carbocycles. The number of hydrogen-bond acceptors (Lipinski definition) is 3. The van der Waals surface area contributed by atoms with Crippen molar-refractivity contribution in [2.24, 2.45) is 0 Å². The van der Waals surface area contributed by atoms with Gasteiger partial charge in [-0.15, -0.1) is 0 Å². The van der Waals surface area contributed by atoms with Crippen molar-refractivity contribution in [2.75, 3.05) is 12.4 Å². The summed E-state index contributed by atoms with van der Waals surface area (Å²) in [4.78, 5) is 12.5. The SMILES string of the molecule is COc1ccc(NC(=O)NC(C)c2cnn(-c3ccccc3C)c2C)c(C)c1. The molecule has 0 saturated carbocycles. The molecule has 146 valence electrons. The molecule has 28 heavy (non-hydrogen) atoms. The number of ether oxygens (including phenoxy) is 1. The first-order valence-electron chi connectivity index (χ1n) is 9.23. The number of carbonyl (C=O) groups is 1. The predicted octanol–water partition coefficient (Wildman–Crippen LogP) is 4.69. The Morgan fingerprint density at radius 1 is 1.11 bits per heavy atom. The molecule has 2 amide bonds. The second-order valence-electron chi connectivity index (χ2n) is 6.88. The molecule has 1 unspecified atom stereocenters. The Morgan fingerprint density at radius 2 is 1.86 bits per heavy atom. The Balaban J connectivity index is 1.72. The van der Waals surface area contributed by atoms with Crippen LogP contribution in [-0.2, 0) is 0 Å². The fourth-order valence-electron chi connectivity index (χ4n) is 3.23. The molecular formula is C22H26N4O2. The molecule has 6 nitrogen and oxygen atoms in total. The number of amides is 2. The highest BCUT2D eigenvalue weighted by molar-refractivity contribution is 5.90. The van der Waals surface area contributed by atoms with Crippen molar-refractivity contribution >= 4 is 11.7 Å². The van der Waals surface area contributed by atoms with Crippen LogP contribution in [0.25, 0.3) is 5.69 Å². The van der Waals surface area contributed by atoms with Gasteiger partial charge < -0.3 is 15.4 Å². The standard InChI is InChI=1S/C22H26N4O2/c1-14-8-6-7-9-21(14)26-17(4)19(13-23-26)16(3)24-22(27)25-20-11-10-18(28-5)12-15(20)2/h6-13,16H,1-5H3,(H2,24,25,27). The molecule has 0 saturated heterocycles. The average molecular weight is 378 g/mol. The van der Waals surface area contributed by atoms with Gasteiger partial charge in [0.15, 0.2) is 0 Å². The Hall–Kier alpha value is -3.28. The first-order chi connectivity index (χ1) is 13.4. The number of methoxy groups -OCH3 is 1. The molecule has 1 heterocycles. The van der Waals surface area contributed by atoms with Crippen LogP contribution in [0.2, 0.25) is 0 Å². The largest absolute Gasteiger partial charge is 0.497 e. The number of urea groups is 1. The van der Waals surface area contributed by atoms with Crippen molar-refractivity contribution in [1.82, 2.24) is 15.1 Å². The molecule has 0 radical (unpaired) electrons. The summed E-state index contributed by atoms with van der Waals surface area (Å²) >= 11 is 0. The fraction of sp³-hybridized carbons (Fsp3) is 0.273. The van der Waals surface area contributed by atoms with Crippen LogP contribution in [0, 0.1) is 20.8 Å². The highest BCUT2D eigenvalue weighted by atomic mass is 16.5. The van der Waals surface area contributed by atoms with E-state index in [9.17, 15) is 4.79 Å². The van der Waals surface area contributed by atoms with Crippen molar-refractivity contribution < 1.29 is 9.53 Å². The predicted molar refractivity (Wildman–Crippen MR) is 111 cm³/mol. The van der Waals surface area contributed by atoms with Gasteiger partial charge in [0.05, 0.1) is 25.0 Å². The quantitative estimate of drug-likeness (QED) is 0.677. The smallest absolute Gasteiger partial charge is 0.319 e. The number of nitrogens with zero attached hydrogens (tertiary/aromatic N) is 2. The van der Waals surface area contributed by atoms with Crippen molar-refractivity contribution in [3.63, 3.8) is 0 Å². The van der Waals surface area contributed by atoms with Gasteiger partial charge >= 0.3 is 6.03 Å². The van der Waals surface area contributed by atoms with E-state index in [1.54, 1.807) is 7.11 Å². The van der Waals surface area contributed by atoms with Crippen molar-refractivity contribution in [2.45, 2.75) is 33.7 Å². The summed E-state index contributed by atoms with van der Waals surface area (Å²) in [7, 11) is 1.62. The monoisotopic (exact) mass is 378 g/mol. The van der Waals surface area contributed by atoms with E-state index in [4.69, 9.17) is 4.74 Å². The van der Waals surface area contributed by atoms with Gasteiger partial charge in [0.2, 0.25) is 0 Å². The number of carbonyl (C=O) groups excluding carboxylic acids is 1. The first kappa shape index (κ1) is 19.5. The molecule has 3 aromatic rings. The fourth-order valence-corrected chi connectivity index (χ4v) is 3.23. The van der Waals surface area contributed by atoms with E-state index >= 15 is 0 Å². The maximum Gasteiger partial charge on any atom is 0.319 e. The lowest BCUT2D eigenvalue weighted by Gasteiger charge is -2.16. The normalized spacial score (nSPS) is 11.8. The van der Waals surface area contributed by atoms with Crippen LogP contribution in [0.15, 0.2) is 48.7 Å². The average Bonchev–Trinajstić information content (AvgIpc) is 3.05. The second-order valence-corrected chi connectivity index (χ2v) is 6.88. The van der Waals surface area contributed by atoms with Crippen molar-refractivity contribution in [3.8, 4) is 11.4 Å². The summed E-state index contributed by atoms with van der Waals surface area (Å²) < 4.78 is 7.11. The summed E-state index contributed by atoms with van der Waals surface area (Å²) in [6.45, 7) is 7.95. The van der Waals surface area contributed by atoms with Crippen LogP contribution in [0.4, 0.5) is 10.5 Å². The lowest BCUT2D eigenvalue weighted by Crippen LogP contribution is -2.31. The minimum atomic E-state index is -0.260. The highest BCUT2D eigenvalue weighted by Crippen LogP contribution is 2.23. The number of aryl methyl sites for hydroxylation is 2. The summed E-state index contributed by atoms with van der Waals surface area (Å²) in [5.74, 6) is 0.760. The van der Waals surface area contributed by atoms with E-state index < -0.39 is 0 Å². The van der Waals surface area contributed by atoms with Crippen molar-refractivity contribution in [1.29, 1.82) is 0 Å². The molecular weight excluding hydrogens is 352 g/mol. The molecule has 6 heteroatoms. The van der Waals surface area contributed by atoms with Gasteiger partial charge in [-0.25, -0.2) is 9.48 Å². The number of aromatic nitrogens is 2. The lowest BCUT2D eigenvalue weighted by atomic mass is 10.1. The van der Waals surface area contributed by atoms with Crippen molar-refractivity contribution in [3.05, 3.63) is 71.0 Å². The molecule has 0 bridgehead atoms. The third-order valence-corrected chi connectivity index (χ3v) is 4.89. The minimum absolute atomic E-state index is 0.184. The van der Waals surface area contributed by atoms with E-state index in [-0.39, 0.29) is 12.1 Å². The third-order valence-electron chi connectivity index (χ3n) is 4.89. The van der Waals surface area contributed by atoms with E-state index in [0.29, 0.717) is 0 Å². The van der Waals surface area contributed by atoms with Gasteiger partial charge in [-0.05, 0) is 63.1 Å². The number of para-hydroxylation sites is 1. The molecule has 1 aromatic heterocycles. The third kappa shape index (κ3) is 4.01. The van der Waals surface area contributed by atoms with Gasteiger partial charge in [-0.2, -0.15) is 5.10 Å². The maximum absolute atomic E-state index is 12.5. The van der Waals surface area contributed by atoms with Gasteiger partial charge in [-0.1, -0.05) is 18.2 Å². The summed E-state index contributed by atoms with van der Waals surface area (Å²) in [5.41, 5.74) is 5.85. The van der Waals surface area contributed by atoms with Gasteiger partial charge in [-0.3, -0.25) is 0 Å². The zero-order valence-corrected chi connectivity index (χ0v) is 16.9. The van der Waals surface area contributed by atoms with Gasteiger partial charge in [0, 0.05) is 16.9 Å². The topological polar surface area (TPSA) is 68.2 Å². The lowest BCUT2D eigenvalue weighted by molar-refractivity contribution is 0.249.